The highest BCUT2D eigenvalue weighted by atomic mass is 15.0. The molecule has 0 aliphatic rings. The van der Waals surface area contributed by atoms with Crippen LogP contribution in [0.15, 0.2) is 18.5 Å². The molecule has 0 fully saturated rings. The van der Waals surface area contributed by atoms with Gasteiger partial charge in [0.25, 0.3) is 0 Å². The van der Waals surface area contributed by atoms with Crippen LogP contribution in [-0.2, 0) is 0 Å². The third-order valence-electron chi connectivity index (χ3n) is 2.50. The van der Waals surface area contributed by atoms with E-state index in [0.29, 0.717) is 12.0 Å². The van der Waals surface area contributed by atoms with Gasteiger partial charge in [-0.15, -0.1) is 0 Å². The molecule has 1 aromatic rings. The Bertz CT molecular complexity index is 235. The Balaban J connectivity index is 2.77. The zero-order valence-electron chi connectivity index (χ0n) is 8.54. The Morgan fingerprint density at radius 2 is 2.00 bits per heavy atom. The number of rotatable bonds is 3. The van der Waals surface area contributed by atoms with Crippen molar-refractivity contribution in [2.75, 3.05) is 0 Å². The van der Waals surface area contributed by atoms with Crippen LogP contribution in [0.1, 0.15) is 51.6 Å². The summed E-state index contributed by atoms with van der Waals surface area (Å²) in [7, 11) is 0. The second kappa shape index (κ2) is 3.79. The molecule has 12 heavy (non-hydrogen) atoms. The Kier molecular flexibility index (Phi) is 2.96. The predicted molar refractivity (Wildman–Crippen MR) is 53.5 cm³/mol. The van der Waals surface area contributed by atoms with E-state index in [1.54, 1.807) is 0 Å². The van der Waals surface area contributed by atoms with E-state index < -0.39 is 0 Å². The lowest BCUT2D eigenvalue weighted by molar-refractivity contribution is 0.532. The molecule has 68 valence electrons. The molecule has 1 heteroatoms. The first-order valence-corrected chi connectivity index (χ1v) is 4.82. The minimum atomic E-state index is 0.637. The molecular weight excluding hydrogens is 146 g/mol. The maximum Gasteiger partial charge on any atom is 0.0299 e. The number of aromatic nitrogens is 1. The van der Waals surface area contributed by atoms with Gasteiger partial charge in [-0.05, 0) is 30.9 Å². The lowest BCUT2D eigenvalue weighted by Gasteiger charge is -2.10. The molecule has 0 radical (unpaired) electrons. The van der Waals surface area contributed by atoms with Crippen molar-refractivity contribution >= 4 is 0 Å². The van der Waals surface area contributed by atoms with Gasteiger partial charge in [0.05, 0.1) is 0 Å². The molecule has 0 unspecified atom stereocenters. The highest BCUT2D eigenvalue weighted by molar-refractivity contribution is 5.14. The van der Waals surface area contributed by atoms with Gasteiger partial charge in [0.1, 0.15) is 0 Å². The van der Waals surface area contributed by atoms with Gasteiger partial charge in [-0.25, -0.2) is 0 Å². The Hall–Kier alpha value is -0.720. The predicted octanol–water partition coefficient (Wildman–Crippen LogP) is 3.58. The van der Waals surface area contributed by atoms with Gasteiger partial charge >= 0.3 is 0 Å². The lowest BCUT2D eigenvalue weighted by atomic mass is 10.1. The molecule has 1 aromatic heterocycles. The van der Waals surface area contributed by atoms with Gasteiger partial charge in [-0.2, -0.15) is 0 Å². The number of hydrogen-bond donors (Lipinski definition) is 0. The largest absolute Gasteiger partial charge is 0.351 e. The summed E-state index contributed by atoms with van der Waals surface area (Å²) in [5, 5.41) is 0. The van der Waals surface area contributed by atoms with E-state index in [9.17, 15) is 0 Å². The van der Waals surface area contributed by atoms with Crippen LogP contribution in [-0.4, -0.2) is 4.57 Å². The van der Waals surface area contributed by atoms with Crippen LogP contribution in [0.2, 0.25) is 0 Å². The molecule has 0 bridgehead atoms. The minimum absolute atomic E-state index is 0.637. The van der Waals surface area contributed by atoms with Crippen molar-refractivity contribution in [3.63, 3.8) is 0 Å². The smallest absolute Gasteiger partial charge is 0.0299 e. The van der Waals surface area contributed by atoms with Crippen LogP contribution in [0, 0.1) is 0 Å². The standard InChI is InChI=1S/C11H19N/c1-5-10(4)12-7-6-11(8-12)9(2)3/h6-10H,5H2,1-4H3/t10-/m0/s1. The van der Waals surface area contributed by atoms with Crippen molar-refractivity contribution in [2.45, 2.75) is 46.1 Å². The van der Waals surface area contributed by atoms with E-state index in [-0.39, 0.29) is 0 Å². The van der Waals surface area contributed by atoms with Crippen molar-refractivity contribution in [1.29, 1.82) is 0 Å². The Morgan fingerprint density at radius 3 is 2.42 bits per heavy atom. The van der Waals surface area contributed by atoms with E-state index in [2.05, 4.69) is 50.7 Å². The summed E-state index contributed by atoms with van der Waals surface area (Å²) < 4.78 is 2.30. The van der Waals surface area contributed by atoms with Crippen LogP contribution in [0.5, 0.6) is 0 Å². The van der Waals surface area contributed by atoms with E-state index in [4.69, 9.17) is 0 Å². The van der Waals surface area contributed by atoms with E-state index in [1.165, 1.54) is 12.0 Å². The maximum atomic E-state index is 2.30. The van der Waals surface area contributed by atoms with Crippen LogP contribution in [0.25, 0.3) is 0 Å². The summed E-state index contributed by atoms with van der Waals surface area (Å²) in [5.41, 5.74) is 1.44. The normalized spacial score (nSPS) is 13.8. The van der Waals surface area contributed by atoms with Gasteiger partial charge in [-0.3, -0.25) is 0 Å². The van der Waals surface area contributed by atoms with E-state index in [0.717, 1.165) is 0 Å². The fourth-order valence-corrected chi connectivity index (χ4v) is 1.26. The van der Waals surface area contributed by atoms with E-state index in [1.807, 2.05) is 0 Å². The first-order chi connectivity index (χ1) is 5.65. The Labute approximate surface area is 75.4 Å². The van der Waals surface area contributed by atoms with Gasteiger partial charge in [0.2, 0.25) is 0 Å². The average molecular weight is 165 g/mol. The van der Waals surface area contributed by atoms with Crippen LogP contribution < -0.4 is 0 Å². The average Bonchev–Trinajstić information content (AvgIpc) is 2.51. The molecule has 0 amide bonds. The Morgan fingerprint density at radius 1 is 1.33 bits per heavy atom. The minimum Gasteiger partial charge on any atom is -0.351 e. The fraction of sp³-hybridized carbons (Fsp3) is 0.636. The van der Waals surface area contributed by atoms with Gasteiger partial charge in [0.15, 0.2) is 0 Å². The second-order valence-corrected chi connectivity index (χ2v) is 3.80. The van der Waals surface area contributed by atoms with Crippen molar-refractivity contribution in [2.24, 2.45) is 0 Å². The first-order valence-electron chi connectivity index (χ1n) is 4.82. The fourth-order valence-electron chi connectivity index (χ4n) is 1.26. The maximum absolute atomic E-state index is 2.30. The van der Waals surface area contributed by atoms with E-state index >= 15 is 0 Å². The number of nitrogens with zero attached hydrogens (tertiary/aromatic N) is 1. The molecule has 0 aromatic carbocycles. The monoisotopic (exact) mass is 165 g/mol. The first kappa shape index (κ1) is 9.37. The summed E-state index contributed by atoms with van der Waals surface area (Å²) >= 11 is 0. The third kappa shape index (κ3) is 1.90. The zero-order chi connectivity index (χ0) is 9.14. The van der Waals surface area contributed by atoms with Crippen molar-refractivity contribution in [3.05, 3.63) is 24.0 Å². The summed E-state index contributed by atoms with van der Waals surface area (Å²) in [5.74, 6) is 0.648. The highest BCUT2D eigenvalue weighted by Gasteiger charge is 2.04. The topological polar surface area (TPSA) is 4.93 Å². The molecule has 0 saturated carbocycles. The molecular formula is C11H19N. The van der Waals surface area contributed by atoms with Crippen LogP contribution in [0.4, 0.5) is 0 Å². The third-order valence-corrected chi connectivity index (χ3v) is 2.50. The van der Waals surface area contributed by atoms with Gasteiger partial charge in [-0.1, -0.05) is 20.8 Å². The van der Waals surface area contributed by atoms with Gasteiger partial charge in [0, 0.05) is 18.4 Å². The SMILES string of the molecule is CC[C@H](C)n1ccc(C(C)C)c1. The molecule has 0 spiro atoms. The summed E-state index contributed by atoms with van der Waals surface area (Å²) in [6, 6.07) is 2.86. The quantitative estimate of drug-likeness (QED) is 0.645. The van der Waals surface area contributed by atoms with Crippen LogP contribution >= 0.6 is 0 Å². The lowest BCUT2D eigenvalue weighted by Crippen LogP contribution is -1.99. The molecule has 0 aliphatic carbocycles. The molecule has 1 atom stereocenters. The van der Waals surface area contributed by atoms with Crippen LogP contribution in [0.3, 0.4) is 0 Å². The molecule has 1 nitrogen and oxygen atoms in total. The van der Waals surface area contributed by atoms with Crippen molar-refractivity contribution < 1.29 is 0 Å². The molecule has 0 N–H and O–H groups in total. The van der Waals surface area contributed by atoms with Gasteiger partial charge < -0.3 is 4.57 Å². The van der Waals surface area contributed by atoms with Crippen molar-refractivity contribution in [1.82, 2.24) is 4.57 Å². The summed E-state index contributed by atoms with van der Waals surface area (Å²) in [6.45, 7) is 8.94. The highest BCUT2D eigenvalue weighted by Crippen LogP contribution is 2.18. The number of hydrogen-bond acceptors (Lipinski definition) is 0. The molecule has 0 saturated heterocycles. The zero-order valence-corrected chi connectivity index (χ0v) is 8.54. The summed E-state index contributed by atoms with van der Waals surface area (Å²) in [6.07, 6.45) is 5.65. The molecule has 1 heterocycles. The summed E-state index contributed by atoms with van der Waals surface area (Å²) in [4.78, 5) is 0. The van der Waals surface area contributed by atoms with Crippen molar-refractivity contribution in [3.8, 4) is 0 Å². The molecule has 1 rings (SSSR count). The molecule has 0 aliphatic heterocycles. The second-order valence-electron chi connectivity index (χ2n) is 3.80.